The Labute approximate surface area is 152 Å². The summed E-state index contributed by atoms with van der Waals surface area (Å²) in [5.74, 6) is -2.32. The number of benzene rings is 1. The van der Waals surface area contributed by atoms with E-state index in [9.17, 15) is 14.0 Å². The second-order valence-electron chi connectivity index (χ2n) is 5.88. The molecule has 1 fully saturated rings. The number of nitrogens with one attached hydrogen (secondary N) is 1. The standard InChI is InChI=1S/C16H16ClFN4O4/c17-12-2-1-9(5-13(12)18)15-11(3-4-26-15)16(25)19-6-10-7-22(21-20-10)8-14(23)24/h1-2,5,7,11,15H,3-4,6,8H2,(H,19,25)(H,23,24)/t11-,15+/m1/s1. The van der Waals surface area contributed by atoms with Crippen molar-refractivity contribution < 1.29 is 23.8 Å². The van der Waals surface area contributed by atoms with E-state index in [0.29, 0.717) is 24.3 Å². The van der Waals surface area contributed by atoms with Crippen LogP contribution in [-0.4, -0.2) is 38.6 Å². The first-order chi connectivity index (χ1) is 12.4. The van der Waals surface area contributed by atoms with Gasteiger partial charge in [0, 0.05) is 6.61 Å². The number of aliphatic carboxylic acids is 1. The first kappa shape index (κ1) is 18.3. The van der Waals surface area contributed by atoms with Crippen LogP contribution >= 0.6 is 11.6 Å². The highest BCUT2D eigenvalue weighted by molar-refractivity contribution is 6.30. The average Bonchev–Trinajstić information content (AvgIpc) is 3.24. The van der Waals surface area contributed by atoms with E-state index in [1.807, 2.05) is 0 Å². The summed E-state index contributed by atoms with van der Waals surface area (Å²) in [4.78, 5) is 23.1. The summed E-state index contributed by atoms with van der Waals surface area (Å²) in [6, 6.07) is 4.35. The number of rotatable bonds is 6. The van der Waals surface area contributed by atoms with E-state index >= 15 is 0 Å². The molecule has 2 aromatic rings. The zero-order valence-electron chi connectivity index (χ0n) is 13.6. The molecule has 0 bridgehead atoms. The van der Waals surface area contributed by atoms with E-state index in [-0.39, 0.29) is 24.0 Å². The van der Waals surface area contributed by atoms with Crippen LogP contribution in [0, 0.1) is 11.7 Å². The zero-order chi connectivity index (χ0) is 18.7. The van der Waals surface area contributed by atoms with E-state index in [0.717, 1.165) is 0 Å². The maximum Gasteiger partial charge on any atom is 0.325 e. The number of aromatic nitrogens is 3. The lowest BCUT2D eigenvalue weighted by molar-refractivity contribution is -0.138. The van der Waals surface area contributed by atoms with Gasteiger partial charge in [-0.1, -0.05) is 22.9 Å². The third-order valence-corrected chi connectivity index (χ3v) is 4.33. The third-order valence-electron chi connectivity index (χ3n) is 4.03. The smallest absolute Gasteiger partial charge is 0.325 e. The van der Waals surface area contributed by atoms with Gasteiger partial charge in [0.05, 0.1) is 29.8 Å². The molecular formula is C16H16ClFN4O4. The number of nitrogens with zero attached hydrogens (tertiary/aromatic N) is 3. The fourth-order valence-corrected chi connectivity index (χ4v) is 2.94. The molecule has 2 atom stereocenters. The van der Waals surface area contributed by atoms with E-state index in [1.54, 1.807) is 6.07 Å². The van der Waals surface area contributed by atoms with Crippen molar-refractivity contribution in [3.63, 3.8) is 0 Å². The van der Waals surface area contributed by atoms with Gasteiger partial charge in [0.25, 0.3) is 0 Å². The van der Waals surface area contributed by atoms with E-state index in [2.05, 4.69) is 15.6 Å². The summed E-state index contributed by atoms with van der Waals surface area (Å²) in [5, 5.41) is 18.9. The number of carbonyl (C=O) groups is 2. The minimum absolute atomic E-state index is 0.0113. The Morgan fingerprint density at radius 3 is 3.00 bits per heavy atom. The molecule has 1 saturated heterocycles. The topological polar surface area (TPSA) is 106 Å². The van der Waals surface area contributed by atoms with E-state index < -0.39 is 23.8 Å². The van der Waals surface area contributed by atoms with Crippen molar-refractivity contribution >= 4 is 23.5 Å². The van der Waals surface area contributed by atoms with Crippen LogP contribution in [-0.2, 0) is 27.4 Å². The second-order valence-corrected chi connectivity index (χ2v) is 6.29. The van der Waals surface area contributed by atoms with Gasteiger partial charge < -0.3 is 15.2 Å². The molecule has 0 radical (unpaired) electrons. The largest absolute Gasteiger partial charge is 0.480 e. The van der Waals surface area contributed by atoms with Crippen LogP contribution in [0.2, 0.25) is 5.02 Å². The van der Waals surface area contributed by atoms with Gasteiger partial charge >= 0.3 is 5.97 Å². The number of hydrogen-bond acceptors (Lipinski definition) is 5. The normalized spacial score (nSPS) is 19.5. The van der Waals surface area contributed by atoms with Crippen molar-refractivity contribution in [2.75, 3.05) is 6.61 Å². The summed E-state index contributed by atoms with van der Waals surface area (Å²) >= 11 is 5.69. The molecule has 1 aromatic heterocycles. The first-order valence-corrected chi connectivity index (χ1v) is 8.27. The molecule has 1 aliphatic rings. The van der Waals surface area contributed by atoms with Crippen LogP contribution in [0.5, 0.6) is 0 Å². The highest BCUT2D eigenvalue weighted by Gasteiger charge is 2.35. The molecule has 1 aliphatic heterocycles. The molecule has 3 rings (SSSR count). The van der Waals surface area contributed by atoms with Gasteiger partial charge in [0.1, 0.15) is 18.1 Å². The third kappa shape index (κ3) is 4.17. The fraction of sp³-hybridized carbons (Fsp3) is 0.375. The molecule has 8 nitrogen and oxygen atoms in total. The minimum atomic E-state index is -1.04. The summed E-state index contributed by atoms with van der Waals surface area (Å²) in [7, 11) is 0. The van der Waals surface area contributed by atoms with Crippen LogP contribution in [0.3, 0.4) is 0 Å². The Morgan fingerprint density at radius 2 is 2.27 bits per heavy atom. The van der Waals surface area contributed by atoms with Crippen LogP contribution in [0.15, 0.2) is 24.4 Å². The summed E-state index contributed by atoms with van der Waals surface area (Å²) in [6.45, 7) is 0.195. The Hall–Kier alpha value is -2.52. The molecule has 0 unspecified atom stereocenters. The maximum atomic E-state index is 13.7. The summed E-state index contributed by atoms with van der Waals surface area (Å²) in [5.41, 5.74) is 0.990. The molecule has 2 N–H and O–H groups in total. The SMILES string of the molecule is O=C(O)Cn1cc(CNC(=O)[C@@H]2CCO[C@H]2c2ccc(Cl)c(F)c2)nn1. The Morgan fingerprint density at radius 1 is 1.46 bits per heavy atom. The Kier molecular flexibility index (Phi) is 5.48. The number of halogens is 2. The molecule has 0 aliphatic carbocycles. The predicted molar refractivity (Wildman–Crippen MR) is 87.7 cm³/mol. The van der Waals surface area contributed by atoms with Crippen LogP contribution < -0.4 is 5.32 Å². The van der Waals surface area contributed by atoms with Crippen LogP contribution in [0.4, 0.5) is 4.39 Å². The summed E-state index contributed by atoms with van der Waals surface area (Å²) in [6.07, 6.45) is 1.40. The fourth-order valence-electron chi connectivity index (χ4n) is 2.82. The van der Waals surface area contributed by atoms with Crippen molar-refractivity contribution in [3.05, 3.63) is 46.5 Å². The van der Waals surface area contributed by atoms with Crippen LogP contribution in [0.25, 0.3) is 0 Å². The molecule has 26 heavy (non-hydrogen) atoms. The number of amides is 1. The molecular weight excluding hydrogens is 367 g/mol. The highest BCUT2D eigenvalue weighted by atomic mass is 35.5. The van der Waals surface area contributed by atoms with Gasteiger partial charge in [-0.2, -0.15) is 0 Å². The zero-order valence-corrected chi connectivity index (χ0v) is 14.3. The molecule has 138 valence electrons. The van der Waals surface area contributed by atoms with E-state index in [1.165, 1.54) is 23.0 Å². The predicted octanol–water partition coefficient (Wildman–Crippen LogP) is 1.55. The van der Waals surface area contributed by atoms with Crippen molar-refractivity contribution in [1.29, 1.82) is 0 Å². The van der Waals surface area contributed by atoms with Gasteiger partial charge in [0.15, 0.2) is 0 Å². The van der Waals surface area contributed by atoms with Gasteiger partial charge in [-0.05, 0) is 24.1 Å². The van der Waals surface area contributed by atoms with Gasteiger partial charge in [-0.3, -0.25) is 9.59 Å². The molecule has 0 saturated carbocycles. The minimum Gasteiger partial charge on any atom is -0.480 e. The molecule has 2 heterocycles. The monoisotopic (exact) mass is 382 g/mol. The lowest BCUT2D eigenvalue weighted by Gasteiger charge is -2.18. The van der Waals surface area contributed by atoms with Crippen molar-refractivity contribution in [2.24, 2.45) is 5.92 Å². The Balaban J connectivity index is 1.62. The molecule has 0 spiro atoms. The molecule has 1 amide bonds. The number of carbonyl (C=O) groups excluding carboxylic acids is 1. The number of carboxylic acid groups (broad SMARTS) is 1. The van der Waals surface area contributed by atoms with Crippen molar-refractivity contribution in [3.8, 4) is 0 Å². The van der Waals surface area contributed by atoms with Gasteiger partial charge in [-0.25, -0.2) is 9.07 Å². The number of carboxylic acids is 1. The Bertz CT molecular complexity index is 828. The number of hydrogen-bond donors (Lipinski definition) is 2. The number of ether oxygens (including phenoxy) is 1. The average molecular weight is 383 g/mol. The van der Waals surface area contributed by atoms with Crippen LogP contribution in [0.1, 0.15) is 23.8 Å². The van der Waals surface area contributed by atoms with Gasteiger partial charge in [-0.15, -0.1) is 5.10 Å². The lowest BCUT2D eigenvalue weighted by Crippen LogP contribution is -2.32. The van der Waals surface area contributed by atoms with Gasteiger partial charge in [0.2, 0.25) is 5.91 Å². The van der Waals surface area contributed by atoms with Crippen molar-refractivity contribution in [2.45, 2.75) is 25.6 Å². The quantitative estimate of drug-likeness (QED) is 0.785. The van der Waals surface area contributed by atoms with E-state index in [4.69, 9.17) is 21.4 Å². The molecule has 10 heteroatoms. The first-order valence-electron chi connectivity index (χ1n) is 7.89. The summed E-state index contributed by atoms with van der Waals surface area (Å²) < 4.78 is 20.4. The second kappa shape index (κ2) is 7.79. The molecule has 1 aromatic carbocycles. The van der Waals surface area contributed by atoms with Crippen molar-refractivity contribution in [1.82, 2.24) is 20.3 Å². The maximum absolute atomic E-state index is 13.7. The lowest BCUT2D eigenvalue weighted by atomic mass is 9.94. The highest BCUT2D eigenvalue weighted by Crippen LogP contribution is 2.35.